The maximum absolute atomic E-state index is 14.3. The van der Waals surface area contributed by atoms with Crippen molar-refractivity contribution in [2.75, 3.05) is 0 Å². The van der Waals surface area contributed by atoms with Crippen molar-refractivity contribution in [3.63, 3.8) is 0 Å². The molecule has 0 bridgehead atoms. The largest absolute Gasteiger partial charge is 0.435 e. The van der Waals surface area contributed by atoms with Gasteiger partial charge in [0.1, 0.15) is 5.75 Å². The highest BCUT2D eigenvalue weighted by Crippen LogP contribution is 2.34. The minimum atomic E-state index is -4.02. The van der Waals surface area contributed by atoms with Gasteiger partial charge >= 0.3 is 6.61 Å². The molecule has 1 atom stereocenters. The third-order valence-corrected chi connectivity index (χ3v) is 8.10. The van der Waals surface area contributed by atoms with Gasteiger partial charge in [0.25, 0.3) is 0 Å². The number of rotatable bonds is 9. The van der Waals surface area contributed by atoms with Gasteiger partial charge in [-0.1, -0.05) is 20.8 Å². The van der Waals surface area contributed by atoms with Gasteiger partial charge in [-0.15, -0.1) is 11.3 Å². The molecule has 32 heavy (non-hydrogen) atoms. The van der Waals surface area contributed by atoms with E-state index in [1.165, 1.54) is 26.0 Å². The van der Waals surface area contributed by atoms with E-state index in [9.17, 15) is 27.3 Å². The lowest BCUT2D eigenvalue weighted by Gasteiger charge is -2.19. The van der Waals surface area contributed by atoms with Crippen LogP contribution < -0.4 is 9.46 Å². The Morgan fingerprint density at radius 2 is 1.94 bits per heavy atom. The van der Waals surface area contributed by atoms with Gasteiger partial charge in [-0.25, -0.2) is 13.4 Å². The second-order valence-electron chi connectivity index (χ2n) is 8.10. The third-order valence-electron chi connectivity index (χ3n) is 4.69. The van der Waals surface area contributed by atoms with E-state index >= 15 is 0 Å². The van der Waals surface area contributed by atoms with Crippen molar-refractivity contribution in [1.29, 1.82) is 4.78 Å². The van der Waals surface area contributed by atoms with E-state index in [1.807, 2.05) is 13.8 Å². The molecule has 1 heterocycles. The Balaban J connectivity index is 2.35. The Kier molecular flexibility index (Phi) is 8.01. The minimum absolute atomic E-state index is 0.0196. The number of nitrogens with one attached hydrogen (secondary N) is 2. The van der Waals surface area contributed by atoms with Crippen LogP contribution in [0.3, 0.4) is 0 Å². The lowest BCUT2D eigenvalue weighted by atomic mass is 9.90. The van der Waals surface area contributed by atoms with Crippen LogP contribution in [0.5, 0.6) is 5.75 Å². The molecular formula is C21H27F3N2O4S2. The molecule has 0 aliphatic rings. The maximum atomic E-state index is 14.3. The molecule has 0 saturated heterocycles. The van der Waals surface area contributed by atoms with Gasteiger partial charge in [-0.3, -0.25) is 9.52 Å². The van der Waals surface area contributed by atoms with E-state index in [4.69, 9.17) is 4.78 Å². The van der Waals surface area contributed by atoms with Crippen molar-refractivity contribution in [1.82, 2.24) is 4.72 Å². The van der Waals surface area contributed by atoms with Crippen LogP contribution in [0, 0.1) is 10.6 Å². The summed E-state index contributed by atoms with van der Waals surface area (Å²) in [6, 6.07) is 3.85. The summed E-state index contributed by atoms with van der Waals surface area (Å²) in [6.07, 6.45) is 0.153. The fourth-order valence-corrected chi connectivity index (χ4v) is 5.65. The van der Waals surface area contributed by atoms with Crippen LogP contribution in [0.15, 0.2) is 22.4 Å². The molecule has 2 rings (SSSR count). The van der Waals surface area contributed by atoms with Gasteiger partial charge < -0.3 is 9.84 Å². The number of aliphatic hydroxyl groups is 1. The zero-order chi connectivity index (χ0) is 24.4. The first-order valence-electron chi connectivity index (χ1n) is 9.87. The summed E-state index contributed by atoms with van der Waals surface area (Å²) in [5, 5.41) is 10.0. The maximum Gasteiger partial charge on any atom is 0.387 e. The SMILES string of the molecule is CCc1cc(OC(F)F)cc(C(C)C)c1CC(=O)N[S@@](=N)(=O)c1sc(C(C)(C)O)cc1F. The van der Waals surface area contributed by atoms with Crippen LogP contribution in [-0.2, 0) is 33.2 Å². The summed E-state index contributed by atoms with van der Waals surface area (Å²) >= 11 is 0.655. The van der Waals surface area contributed by atoms with Crippen molar-refractivity contribution < 1.29 is 32.0 Å². The molecule has 11 heteroatoms. The van der Waals surface area contributed by atoms with Crippen LogP contribution >= 0.6 is 11.3 Å². The Hall–Kier alpha value is -2.11. The van der Waals surface area contributed by atoms with Crippen LogP contribution in [0.2, 0.25) is 0 Å². The van der Waals surface area contributed by atoms with E-state index < -0.39 is 38.1 Å². The molecule has 0 unspecified atom stereocenters. The van der Waals surface area contributed by atoms with Gasteiger partial charge in [-0.05, 0) is 61.1 Å². The van der Waals surface area contributed by atoms with Crippen LogP contribution in [0.4, 0.5) is 13.2 Å². The molecule has 0 aliphatic carbocycles. The van der Waals surface area contributed by atoms with E-state index in [0.717, 1.165) is 6.07 Å². The molecule has 1 amide bonds. The van der Waals surface area contributed by atoms with E-state index in [1.54, 1.807) is 6.92 Å². The van der Waals surface area contributed by atoms with Gasteiger partial charge in [0.2, 0.25) is 5.91 Å². The second kappa shape index (κ2) is 9.80. The second-order valence-corrected chi connectivity index (χ2v) is 11.1. The number of hydrogen-bond acceptors (Lipinski definition) is 6. The summed E-state index contributed by atoms with van der Waals surface area (Å²) in [7, 11) is -4.02. The number of alkyl halides is 2. The van der Waals surface area contributed by atoms with Crippen LogP contribution in [0.25, 0.3) is 0 Å². The van der Waals surface area contributed by atoms with Gasteiger partial charge in [-0.2, -0.15) is 8.78 Å². The predicted octanol–water partition coefficient (Wildman–Crippen LogP) is 5.08. The summed E-state index contributed by atoms with van der Waals surface area (Å²) < 4.78 is 66.7. The zero-order valence-corrected chi connectivity index (χ0v) is 20.1. The first-order chi connectivity index (χ1) is 14.7. The summed E-state index contributed by atoms with van der Waals surface area (Å²) in [5.41, 5.74) is 0.372. The van der Waals surface area contributed by atoms with E-state index in [-0.39, 0.29) is 23.0 Å². The van der Waals surface area contributed by atoms with Crippen molar-refractivity contribution in [2.24, 2.45) is 0 Å². The Morgan fingerprint density at radius 3 is 2.41 bits per heavy atom. The lowest BCUT2D eigenvalue weighted by molar-refractivity contribution is -0.118. The van der Waals surface area contributed by atoms with Crippen LogP contribution in [-0.4, -0.2) is 21.8 Å². The molecule has 178 valence electrons. The number of thiophene rings is 1. The van der Waals surface area contributed by atoms with E-state index in [2.05, 4.69) is 9.46 Å². The lowest BCUT2D eigenvalue weighted by Crippen LogP contribution is -2.31. The number of aryl methyl sites for hydroxylation is 1. The predicted molar refractivity (Wildman–Crippen MR) is 117 cm³/mol. The summed E-state index contributed by atoms with van der Waals surface area (Å²) in [4.78, 5) is 12.9. The number of benzene rings is 1. The van der Waals surface area contributed by atoms with Gasteiger partial charge in [0, 0.05) is 4.88 Å². The number of halogens is 3. The molecule has 0 radical (unpaired) electrons. The highest BCUT2D eigenvalue weighted by molar-refractivity contribution is 7.93. The fourth-order valence-electron chi connectivity index (χ4n) is 3.20. The summed E-state index contributed by atoms with van der Waals surface area (Å²) in [5.74, 6) is -1.87. The van der Waals surface area contributed by atoms with Crippen molar-refractivity contribution in [3.8, 4) is 5.75 Å². The third kappa shape index (κ3) is 6.23. The van der Waals surface area contributed by atoms with Crippen molar-refractivity contribution in [2.45, 2.75) is 69.8 Å². The molecule has 6 nitrogen and oxygen atoms in total. The molecule has 0 fully saturated rings. The topological polar surface area (TPSA) is 99.5 Å². The Morgan fingerprint density at radius 1 is 1.31 bits per heavy atom. The number of amides is 1. The van der Waals surface area contributed by atoms with Crippen molar-refractivity contribution >= 4 is 27.2 Å². The first-order valence-corrected chi connectivity index (χ1v) is 12.2. The number of ether oxygens (including phenoxy) is 1. The highest BCUT2D eigenvalue weighted by Gasteiger charge is 2.28. The molecule has 0 aliphatic heterocycles. The van der Waals surface area contributed by atoms with Crippen LogP contribution in [0.1, 0.15) is 62.1 Å². The number of carbonyl (C=O) groups excluding carboxylic acids is 1. The highest BCUT2D eigenvalue weighted by atomic mass is 32.2. The molecular weight excluding hydrogens is 465 g/mol. The summed E-state index contributed by atoms with van der Waals surface area (Å²) in [6.45, 7) is 5.31. The van der Waals surface area contributed by atoms with E-state index in [0.29, 0.717) is 34.4 Å². The van der Waals surface area contributed by atoms with Gasteiger partial charge in [0.05, 0.1) is 12.0 Å². The molecule has 1 aromatic carbocycles. The molecule has 0 spiro atoms. The Bertz CT molecular complexity index is 1090. The minimum Gasteiger partial charge on any atom is -0.435 e. The van der Waals surface area contributed by atoms with Crippen molar-refractivity contribution in [3.05, 3.63) is 45.6 Å². The molecule has 3 N–H and O–H groups in total. The zero-order valence-electron chi connectivity index (χ0n) is 18.4. The average molecular weight is 493 g/mol. The number of hydrogen-bond donors (Lipinski definition) is 3. The van der Waals surface area contributed by atoms with Gasteiger partial charge in [0.15, 0.2) is 19.9 Å². The first kappa shape index (κ1) is 26.1. The average Bonchev–Trinajstić information content (AvgIpc) is 3.04. The normalized spacial score (nSPS) is 14.0. The molecule has 0 saturated carbocycles. The molecule has 2 aromatic rings. The number of carbonyl (C=O) groups is 1. The fraction of sp³-hybridized carbons (Fsp3) is 0.476. The quantitative estimate of drug-likeness (QED) is 0.454. The molecule has 1 aromatic heterocycles. The smallest absolute Gasteiger partial charge is 0.387 e. The standard InChI is InChI=1S/C21H27F3N2O4S2/c1-6-12-7-13(30-20(23)24)8-14(11(2)3)15(12)9-18(27)26-32(25,29)19-16(22)10-17(31-19)21(4,5)28/h7-8,10-11,20,28H,6,9H2,1-5H3,(H2,25,26,27,29)/t32-/m1/s1. The monoisotopic (exact) mass is 492 g/mol. The Labute approximate surface area is 189 Å².